The van der Waals surface area contributed by atoms with Crippen molar-refractivity contribution in [2.75, 3.05) is 18.1 Å². The number of anilines is 2. The number of carboxylic acid groups (broad SMARTS) is 1. The van der Waals surface area contributed by atoms with E-state index in [-0.39, 0.29) is 12.4 Å². The minimum atomic E-state index is -1.23. The summed E-state index contributed by atoms with van der Waals surface area (Å²) in [5.41, 5.74) is 15.1. The van der Waals surface area contributed by atoms with Crippen molar-refractivity contribution in [2.24, 2.45) is 0 Å². The number of nitrogens with two attached hydrogens (primary N) is 2. The van der Waals surface area contributed by atoms with Crippen molar-refractivity contribution < 1.29 is 19.7 Å². The van der Waals surface area contributed by atoms with Crippen LogP contribution in [-0.2, 0) is 4.79 Å². The van der Waals surface area contributed by atoms with Crippen LogP contribution in [0.2, 0.25) is 0 Å². The van der Waals surface area contributed by atoms with Gasteiger partial charge in [-0.05, 0) is 50.2 Å². The SMILES string of the molecule is CC(O)C(=O)O.CCOc1ccc2nc3cc(N)ccc3c(N)c2c1.Cl. The number of rotatable bonds is 3. The second-order valence-corrected chi connectivity index (χ2v) is 5.43. The third kappa shape index (κ3) is 4.87. The first-order valence-electron chi connectivity index (χ1n) is 7.75. The molecule has 3 aromatic rings. The second-order valence-electron chi connectivity index (χ2n) is 5.43. The second kappa shape index (κ2) is 9.07. The Hall–Kier alpha value is -2.77. The van der Waals surface area contributed by atoms with E-state index in [1.54, 1.807) is 0 Å². The smallest absolute Gasteiger partial charge is 0.332 e. The van der Waals surface area contributed by atoms with Crippen LogP contribution < -0.4 is 16.2 Å². The number of hydrogen-bond donors (Lipinski definition) is 4. The summed E-state index contributed by atoms with van der Waals surface area (Å²) in [7, 11) is 0. The number of hydrogen-bond acceptors (Lipinski definition) is 6. The summed E-state index contributed by atoms with van der Waals surface area (Å²) in [4.78, 5) is 14.0. The van der Waals surface area contributed by atoms with Gasteiger partial charge in [-0.1, -0.05) is 0 Å². The number of benzene rings is 2. The van der Waals surface area contributed by atoms with Gasteiger partial charge in [0.15, 0.2) is 0 Å². The predicted molar refractivity (Wildman–Crippen MR) is 106 cm³/mol. The normalized spacial score (nSPS) is 11.2. The Morgan fingerprint density at radius 1 is 1.15 bits per heavy atom. The molecule has 0 fully saturated rings. The summed E-state index contributed by atoms with van der Waals surface area (Å²) in [6.07, 6.45) is -1.23. The van der Waals surface area contributed by atoms with Crippen molar-refractivity contribution in [2.45, 2.75) is 20.0 Å². The lowest BCUT2D eigenvalue weighted by atomic mass is 10.1. The van der Waals surface area contributed by atoms with Crippen molar-refractivity contribution in [3.63, 3.8) is 0 Å². The lowest BCUT2D eigenvalue weighted by Gasteiger charge is -2.09. The van der Waals surface area contributed by atoms with E-state index in [9.17, 15) is 4.79 Å². The highest BCUT2D eigenvalue weighted by Crippen LogP contribution is 2.31. The molecule has 0 bridgehead atoms. The summed E-state index contributed by atoms with van der Waals surface area (Å²) in [6.45, 7) is 3.78. The molecule has 2 aromatic carbocycles. The van der Waals surface area contributed by atoms with E-state index in [1.807, 2.05) is 43.3 Å². The maximum atomic E-state index is 9.45. The summed E-state index contributed by atoms with van der Waals surface area (Å²) in [5, 5.41) is 17.6. The highest BCUT2D eigenvalue weighted by Gasteiger charge is 2.08. The van der Waals surface area contributed by atoms with E-state index >= 15 is 0 Å². The number of ether oxygens (including phenoxy) is 1. The monoisotopic (exact) mass is 379 g/mol. The third-order valence-corrected chi connectivity index (χ3v) is 3.48. The number of halogens is 1. The summed E-state index contributed by atoms with van der Waals surface area (Å²) in [5.74, 6) is -0.381. The minimum Gasteiger partial charge on any atom is -0.494 e. The van der Waals surface area contributed by atoms with Gasteiger partial charge in [-0.25, -0.2) is 9.78 Å². The molecular formula is C18H22ClN3O4. The Balaban J connectivity index is 0.000000422. The first kappa shape index (κ1) is 21.3. The Morgan fingerprint density at radius 3 is 2.38 bits per heavy atom. The molecule has 1 atom stereocenters. The number of nitrogen functional groups attached to an aromatic ring is 2. The maximum Gasteiger partial charge on any atom is 0.332 e. The Kier molecular flexibility index (Phi) is 7.42. The van der Waals surface area contributed by atoms with Crippen LogP contribution in [0.25, 0.3) is 21.8 Å². The molecule has 0 aliphatic carbocycles. The molecule has 140 valence electrons. The van der Waals surface area contributed by atoms with E-state index in [0.717, 1.165) is 27.6 Å². The van der Waals surface area contributed by atoms with Gasteiger partial charge in [-0.2, -0.15) is 0 Å². The molecular weight excluding hydrogens is 358 g/mol. The molecule has 1 aromatic heterocycles. The van der Waals surface area contributed by atoms with Gasteiger partial charge in [0.05, 0.1) is 23.3 Å². The number of aromatic nitrogens is 1. The van der Waals surface area contributed by atoms with Crippen LogP contribution in [-0.4, -0.2) is 33.9 Å². The van der Waals surface area contributed by atoms with E-state index in [0.29, 0.717) is 18.0 Å². The van der Waals surface area contributed by atoms with Crippen molar-refractivity contribution in [3.05, 3.63) is 36.4 Å². The van der Waals surface area contributed by atoms with Crippen LogP contribution in [0.1, 0.15) is 13.8 Å². The van der Waals surface area contributed by atoms with Gasteiger partial charge < -0.3 is 26.4 Å². The number of pyridine rings is 1. The number of fused-ring (bicyclic) bond motifs is 2. The first-order valence-corrected chi connectivity index (χ1v) is 7.75. The molecule has 0 spiro atoms. The average Bonchev–Trinajstić information content (AvgIpc) is 2.56. The molecule has 6 N–H and O–H groups in total. The molecule has 0 aliphatic rings. The molecule has 0 aliphatic heterocycles. The zero-order chi connectivity index (χ0) is 18.6. The average molecular weight is 380 g/mol. The van der Waals surface area contributed by atoms with Gasteiger partial charge >= 0.3 is 5.97 Å². The van der Waals surface area contributed by atoms with E-state index in [4.69, 9.17) is 26.4 Å². The Morgan fingerprint density at radius 2 is 1.81 bits per heavy atom. The molecule has 7 nitrogen and oxygen atoms in total. The zero-order valence-corrected chi connectivity index (χ0v) is 15.3. The summed E-state index contributed by atoms with van der Waals surface area (Å²) >= 11 is 0. The number of aliphatic hydroxyl groups is 1. The molecule has 1 unspecified atom stereocenters. The summed E-state index contributed by atoms with van der Waals surface area (Å²) < 4.78 is 5.50. The fraction of sp³-hybridized carbons (Fsp3) is 0.222. The van der Waals surface area contributed by atoms with Crippen LogP contribution in [0.4, 0.5) is 11.4 Å². The fourth-order valence-electron chi connectivity index (χ4n) is 2.23. The maximum absolute atomic E-state index is 9.45. The Labute approximate surface area is 157 Å². The highest BCUT2D eigenvalue weighted by molar-refractivity contribution is 6.07. The predicted octanol–water partition coefficient (Wildman–Crippen LogP) is 2.82. The third-order valence-electron chi connectivity index (χ3n) is 3.48. The van der Waals surface area contributed by atoms with Crippen LogP contribution >= 0.6 is 12.4 Å². The number of carbonyl (C=O) groups is 1. The van der Waals surface area contributed by atoms with Gasteiger partial charge in [0.25, 0.3) is 0 Å². The molecule has 1 heterocycles. The highest BCUT2D eigenvalue weighted by atomic mass is 35.5. The minimum absolute atomic E-state index is 0. The molecule has 0 radical (unpaired) electrons. The summed E-state index contributed by atoms with van der Waals surface area (Å²) in [6, 6.07) is 11.3. The zero-order valence-electron chi connectivity index (χ0n) is 14.5. The number of carboxylic acids is 1. The number of aliphatic carboxylic acids is 1. The topological polar surface area (TPSA) is 132 Å². The van der Waals surface area contributed by atoms with Gasteiger partial charge in [-0.3, -0.25) is 0 Å². The lowest BCUT2D eigenvalue weighted by Crippen LogP contribution is -2.13. The standard InChI is InChI=1S/C15H15N3O.C3H6O3.ClH/c1-2-19-10-4-6-13-12(8-10)15(17)11-5-3-9(16)7-14(11)18-13;1-2(4)3(5)6;/h3-8H,2,16H2,1H3,(H2,17,18);2,4H,1H3,(H,5,6);1H. The van der Waals surface area contributed by atoms with Crippen molar-refractivity contribution in [1.29, 1.82) is 0 Å². The van der Waals surface area contributed by atoms with Crippen LogP contribution in [0.15, 0.2) is 36.4 Å². The number of aliphatic hydroxyl groups excluding tert-OH is 1. The fourth-order valence-corrected chi connectivity index (χ4v) is 2.23. The van der Waals surface area contributed by atoms with Crippen LogP contribution in [0, 0.1) is 0 Å². The van der Waals surface area contributed by atoms with Crippen LogP contribution in [0.5, 0.6) is 5.75 Å². The molecule has 0 saturated carbocycles. The van der Waals surface area contributed by atoms with Crippen LogP contribution in [0.3, 0.4) is 0 Å². The quantitative estimate of drug-likeness (QED) is 0.406. The van der Waals surface area contributed by atoms with E-state index in [1.165, 1.54) is 6.92 Å². The van der Waals surface area contributed by atoms with Crippen molar-refractivity contribution in [3.8, 4) is 5.75 Å². The molecule has 8 heteroatoms. The van der Waals surface area contributed by atoms with Crippen molar-refractivity contribution in [1.82, 2.24) is 4.98 Å². The largest absolute Gasteiger partial charge is 0.494 e. The van der Waals surface area contributed by atoms with Gasteiger partial charge in [-0.15, -0.1) is 12.4 Å². The van der Waals surface area contributed by atoms with Crippen molar-refractivity contribution >= 4 is 51.6 Å². The van der Waals surface area contributed by atoms with Gasteiger partial charge in [0.2, 0.25) is 0 Å². The molecule has 3 rings (SSSR count). The molecule has 0 amide bonds. The van der Waals surface area contributed by atoms with Gasteiger partial charge in [0.1, 0.15) is 11.9 Å². The van der Waals surface area contributed by atoms with E-state index < -0.39 is 12.1 Å². The Bertz CT molecular complexity index is 916. The first-order chi connectivity index (χ1) is 11.8. The molecule has 26 heavy (non-hydrogen) atoms. The van der Waals surface area contributed by atoms with E-state index in [2.05, 4.69) is 4.98 Å². The molecule has 0 saturated heterocycles. The lowest BCUT2D eigenvalue weighted by molar-refractivity contribution is -0.145. The number of nitrogens with zero attached hydrogens (tertiary/aromatic N) is 1. The van der Waals surface area contributed by atoms with Gasteiger partial charge in [0, 0.05) is 16.5 Å².